The number of methoxy groups -OCH3 is 1. The molecule has 0 unspecified atom stereocenters. The van der Waals surface area contributed by atoms with Crippen LogP contribution in [-0.2, 0) is 13.0 Å². The molecular weight excluding hydrogens is 514 g/mol. The van der Waals surface area contributed by atoms with E-state index in [0.717, 1.165) is 66.1 Å². The lowest BCUT2D eigenvalue weighted by atomic mass is 9.99. The lowest BCUT2D eigenvalue weighted by molar-refractivity contribution is 0.199. The van der Waals surface area contributed by atoms with Crippen LogP contribution in [0.25, 0.3) is 10.9 Å². The van der Waals surface area contributed by atoms with E-state index < -0.39 is 0 Å². The Kier molecular flexibility index (Phi) is 7.52. The fourth-order valence-corrected chi connectivity index (χ4v) is 5.87. The van der Waals surface area contributed by atoms with Crippen LogP contribution in [0.15, 0.2) is 77.6 Å². The van der Waals surface area contributed by atoms with Gasteiger partial charge in [0.25, 0.3) is 5.56 Å². The van der Waals surface area contributed by atoms with E-state index in [-0.39, 0.29) is 11.6 Å². The first-order valence-corrected chi connectivity index (χ1v) is 14.1. The van der Waals surface area contributed by atoms with Gasteiger partial charge in [-0.3, -0.25) is 9.69 Å². The Labute approximate surface area is 239 Å². The summed E-state index contributed by atoms with van der Waals surface area (Å²) < 4.78 is 7.19. The van der Waals surface area contributed by atoms with Crippen LogP contribution in [-0.4, -0.2) is 63.4 Å². The monoisotopic (exact) mass is 549 g/mol. The third-order valence-electron chi connectivity index (χ3n) is 8.01. The number of hydrogen-bond acceptors (Lipinski definition) is 7. The quantitative estimate of drug-likeness (QED) is 0.309. The molecule has 2 aromatic heterocycles. The number of aromatic amines is 1. The third-order valence-corrected chi connectivity index (χ3v) is 8.01. The average molecular weight is 550 g/mol. The van der Waals surface area contributed by atoms with Crippen molar-refractivity contribution in [1.29, 1.82) is 0 Å². The number of rotatable bonds is 8. The van der Waals surface area contributed by atoms with Gasteiger partial charge in [0.1, 0.15) is 11.8 Å². The molecule has 41 heavy (non-hydrogen) atoms. The fraction of sp³-hybridized carbons (Fsp3) is 0.312. The first-order chi connectivity index (χ1) is 20.0. The van der Waals surface area contributed by atoms with Gasteiger partial charge in [0.05, 0.1) is 7.11 Å². The van der Waals surface area contributed by atoms with Gasteiger partial charge in [0, 0.05) is 54.9 Å². The van der Waals surface area contributed by atoms with Crippen molar-refractivity contribution in [3.8, 4) is 5.75 Å². The molecule has 0 bridgehead atoms. The van der Waals surface area contributed by atoms with E-state index in [1.165, 1.54) is 5.56 Å². The molecule has 3 heterocycles. The van der Waals surface area contributed by atoms with Gasteiger partial charge in [0.2, 0.25) is 0 Å². The number of hydrogen-bond donors (Lipinski definition) is 1. The largest absolute Gasteiger partial charge is 0.497 e. The minimum atomic E-state index is -0.382. The van der Waals surface area contributed by atoms with Crippen molar-refractivity contribution in [2.75, 3.05) is 38.2 Å². The molecule has 1 atom stereocenters. The van der Waals surface area contributed by atoms with Crippen molar-refractivity contribution in [3.63, 3.8) is 0 Å². The summed E-state index contributed by atoms with van der Waals surface area (Å²) >= 11 is 0. The highest BCUT2D eigenvalue weighted by Gasteiger charge is 2.33. The lowest BCUT2D eigenvalue weighted by Crippen LogP contribution is -2.49. The smallest absolute Gasteiger partial charge is 0.253 e. The summed E-state index contributed by atoms with van der Waals surface area (Å²) in [6.45, 7) is 7.91. The maximum absolute atomic E-state index is 13.7. The molecule has 9 heteroatoms. The lowest BCUT2D eigenvalue weighted by Gasteiger charge is -2.39. The van der Waals surface area contributed by atoms with Gasteiger partial charge in [0.15, 0.2) is 5.82 Å². The molecule has 0 aliphatic carbocycles. The Bertz CT molecular complexity index is 1690. The number of anilines is 1. The zero-order valence-electron chi connectivity index (χ0n) is 23.7. The summed E-state index contributed by atoms with van der Waals surface area (Å²) in [4.78, 5) is 21.6. The summed E-state index contributed by atoms with van der Waals surface area (Å²) in [7, 11) is 1.68. The van der Waals surface area contributed by atoms with Crippen LogP contribution in [0.2, 0.25) is 0 Å². The molecule has 1 saturated heterocycles. The standard InChI is InChI=1S/C32H35N7O2/c1-22-19-23(2)27-21-28(32(40)33-29(27)20-22)30(31-34-35-36-39(31)14-13-24-7-5-4-6-8-24)38-17-15-37(16-18-38)25-9-11-26(41-3)12-10-25/h4-12,19-21,30H,13-18H2,1-3H3,(H,33,40)/t30-/m1/s1. The number of nitrogens with one attached hydrogen (secondary N) is 1. The number of H-pyrrole nitrogens is 1. The first kappa shape index (κ1) is 26.7. The van der Waals surface area contributed by atoms with E-state index in [1.54, 1.807) is 7.11 Å². The number of pyridine rings is 1. The van der Waals surface area contributed by atoms with Crippen LogP contribution < -0.4 is 15.2 Å². The minimum Gasteiger partial charge on any atom is -0.497 e. The van der Waals surface area contributed by atoms with Gasteiger partial charge in [-0.1, -0.05) is 36.4 Å². The second-order valence-corrected chi connectivity index (χ2v) is 10.7. The molecule has 1 aliphatic rings. The number of piperazine rings is 1. The van der Waals surface area contributed by atoms with E-state index in [1.807, 2.05) is 54.1 Å². The Morgan fingerprint density at radius 3 is 2.44 bits per heavy atom. The molecule has 1 N–H and O–H groups in total. The average Bonchev–Trinajstić information content (AvgIpc) is 3.46. The van der Waals surface area contributed by atoms with Gasteiger partial charge in [-0.15, -0.1) is 5.10 Å². The molecule has 1 fully saturated rings. The van der Waals surface area contributed by atoms with Gasteiger partial charge in [-0.2, -0.15) is 0 Å². The molecule has 0 saturated carbocycles. The molecule has 9 nitrogen and oxygen atoms in total. The third kappa shape index (κ3) is 5.58. The molecular formula is C32H35N7O2. The minimum absolute atomic E-state index is 0.109. The Hall–Kier alpha value is -4.50. The number of nitrogens with zero attached hydrogens (tertiary/aromatic N) is 6. The predicted octanol–water partition coefficient (Wildman–Crippen LogP) is 4.29. The van der Waals surface area contributed by atoms with Crippen LogP contribution in [0.5, 0.6) is 5.75 Å². The maximum Gasteiger partial charge on any atom is 0.253 e. The Morgan fingerprint density at radius 2 is 1.71 bits per heavy atom. The topological polar surface area (TPSA) is 92.2 Å². The van der Waals surface area contributed by atoms with Crippen LogP contribution in [0.3, 0.4) is 0 Å². The van der Waals surface area contributed by atoms with Crippen molar-refractivity contribution >= 4 is 16.6 Å². The SMILES string of the molecule is COc1ccc(N2CCN([C@H](c3cc4c(C)cc(C)cc4[nH]c3=O)c3nnnn3CCc3ccccc3)CC2)cc1. The van der Waals surface area contributed by atoms with Crippen LogP contribution in [0, 0.1) is 13.8 Å². The van der Waals surface area contributed by atoms with Crippen LogP contribution >= 0.6 is 0 Å². The number of benzene rings is 3. The molecule has 3 aromatic carbocycles. The molecule has 6 rings (SSSR count). The predicted molar refractivity (Wildman–Crippen MR) is 161 cm³/mol. The summed E-state index contributed by atoms with van der Waals surface area (Å²) in [6, 6.07) is 24.3. The first-order valence-electron chi connectivity index (χ1n) is 14.1. The fourth-order valence-electron chi connectivity index (χ4n) is 5.87. The van der Waals surface area contributed by atoms with Crippen molar-refractivity contribution < 1.29 is 4.74 Å². The summed E-state index contributed by atoms with van der Waals surface area (Å²) in [5.74, 6) is 1.53. The molecule has 5 aromatic rings. The molecule has 0 radical (unpaired) electrons. The van der Waals surface area contributed by atoms with Crippen LogP contribution in [0.1, 0.15) is 34.1 Å². The normalized spacial score (nSPS) is 14.9. The highest BCUT2D eigenvalue weighted by molar-refractivity contribution is 5.83. The van der Waals surface area contributed by atoms with Crippen molar-refractivity contribution in [2.45, 2.75) is 32.9 Å². The Morgan fingerprint density at radius 1 is 0.951 bits per heavy atom. The molecule has 1 aliphatic heterocycles. The second-order valence-electron chi connectivity index (χ2n) is 10.7. The Balaban J connectivity index is 1.35. The summed E-state index contributed by atoms with van der Waals surface area (Å²) in [5, 5.41) is 14.0. The van der Waals surface area contributed by atoms with E-state index >= 15 is 0 Å². The maximum atomic E-state index is 13.7. The zero-order chi connectivity index (χ0) is 28.3. The van der Waals surface area contributed by atoms with Crippen LogP contribution in [0.4, 0.5) is 5.69 Å². The number of tetrazole rings is 1. The second kappa shape index (κ2) is 11.5. The van der Waals surface area contributed by atoms with Gasteiger partial charge >= 0.3 is 0 Å². The number of fused-ring (bicyclic) bond motifs is 1. The zero-order valence-corrected chi connectivity index (χ0v) is 23.7. The molecule has 0 amide bonds. The highest BCUT2D eigenvalue weighted by atomic mass is 16.5. The number of aryl methyl sites for hydroxylation is 4. The van der Waals surface area contributed by atoms with Crippen molar-refractivity contribution in [2.24, 2.45) is 0 Å². The summed E-state index contributed by atoms with van der Waals surface area (Å²) in [6.07, 6.45) is 0.795. The van der Waals surface area contributed by atoms with E-state index in [4.69, 9.17) is 4.74 Å². The number of ether oxygens (including phenoxy) is 1. The molecule has 0 spiro atoms. The van der Waals surface area contributed by atoms with Crippen molar-refractivity contribution in [3.05, 3.63) is 111 Å². The molecule has 210 valence electrons. The van der Waals surface area contributed by atoms with Gasteiger partial charge < -0.3 is 14.6 Å². The van der Waals surface area contributed by atoms with E-state index in [0.29, 0.717) is 17.9 Å². The van der Waals surface area contributed by atoms with Crippen molar-refractivity contribution in [1.82, 2.24) is 30.1 Å². The van der Waals surface area contributed by atoms with Gasteiger partial charge in [-0.05, 0) is 83.8 Å². The van der Waals surface area contributed by atoms with E-state index in [2.05, 4.69) is 67.6 Å². The van der Waals surface area contributed by atoms with E-state index in [9.17, 15) is 4.79 Å². The summed E-state index contributed by atoms with van der Waals surface area (Å²) in [5.41, 5.74) is 6.03. The number of aromatic nitrogens is 5. The highest BCUT2D eigenvalue weighted by Crippen LogP contribution is 2.30. The van der Waals surface area contributed by atoms with Gasteiger partial charge in [-0.25, -0.2) is 4.68 Å².